The molecule has 1 aromatic carbocycles. The summed E-state index contributed by atoms with van der Waals surface area (Å²) >= 11 is 0. The van der Waals surface area contributed by atoms with Gasteiger partial charge in [0.1, 0.15) is 10.6 Å². The average molecular weight is 310 g/mol. The van der Waals surface area contributed by atoms with Gasteiger partial charge in [-0.15, -0.1) is 0 Å². The molecule has 2 N–H and O–H groups in total. The number of hydrogen-bond acceptors (Lipinski definition) is 3. The van der Waals surface area contributed by atoms with Gasteiger partial charge in [-0.2, -0.15) is 0 Å². The SMILES string of the molecule is CCOc1cccc2c1c(S(N)(=O)=O)cn2CC(C)CC. The molecule has 1 heterocycles. The van der Waals surface area contributed by atoms with Crippen LogP contribution in [0.3, 0.4) is 0 Å². The molecule has 0 amide bonds. The van der Waals surface area contributed by atoms with Crippen LogP contribution in [0.5, 0.6) is 5.75 Å². The van der Waals surface area contributed by atoms with E-state index >= 15 is 0 Å². The van der Waals surface area contributed by atoms with Crippen molar-refractivity contribution in [1.29, 1.82) is 0 Å². The standard InChI is InChI=1S/C15H22N2O3S/c1-4-11(3)9-17-10-14(21(16,18)19)15-12(17)7-6-8-13(15)20-5-2/h6-8,10-11H,4-5,9H2,1-3H3,(H2,16,18,19). The third-order valence-electron chi connectivity index (χ3n) is 3.64. The minimum Gasteiger partial charge on any atom is -0.493 e. The van der Waals surface area contributed by atoms with Crippen molar-refractivity contribution < 1.29 is 13.2 Å². The molecule has 0 radical (unpaired) electrons. The van der Waals surface area contributed by atoms with Gasteiger partial charge in [0.2, 0.25) is 10.0 Å². The third-order valence-corrected chi connectivity index (χ3v) is 4.57. The number of nitrogens with two attached hydrogens (primary N) is 1. The fraction of sp³-hybridized carbons (Fsp3) is 0.467. The lowest BCUT2D eigenvalue weighted by atomic mass is 10.1. The van der Waals surface area contributed by atoms with Crippen molar-refractivity contribution in [2.24, 2.45) is 11.1 Å². The first-order valence-corrected chi connectivity index (χ1v) is 8.70. The number of benzene rings is 1. The monoisotopic (exact) mass is 310 g/mol. The van der Waals surface area contributed by atoms with Crippen LogP contribution in [0.4, 0.5) is 0 Å². The molecule has 0 aliphatic carbocycles. The molecule has 0 saturated carbocycles. The van der Waals surface area contributed by atoms with Gasteiger partial charge in [0, 0.05) is 12.7 Å². The third kappa shape index (κ3) is 3.22. The van der Waals surface area contributed by atoms with Crippen LogP contribution in [0.2, 0.25) is 0 Å². The number of rotatable bonds is 6. The number of ether oxygens (including phenoxy) is 1. The van der Waals surface area contributed by atoms with Gasteiger partial charge in [-0.3, -0.25) is 0 Å². The second kappa shape index (κ2) is 6.07. The smallest absolute Gasteiger partial charge is 0.240 e. The molecule has 0 aliphatic rings. The van der Waals surface area contributed by atoms with E-state index in [9.17, 15) is 8.42 Å². The fourth-order valence-corrected chi connectivity index (χ4v) is 3.15. The maximum atomic E-state index is 11.9. The van der Waals surface area contributed by atoms with Crippen LogP contribution >= 0.6 is 0 Å². The van der Waals surface area contributed by atoms with Crippen LogP contribution in [0.1, 0.15) is 27.2 Å². The van der Waals surface area contributed by atoms with E-state index < -0.39 is 10.0 Å². The summed E-state index contributed by atoms with van der Waals surface area (Å²) in [5.41, 5.74) is 0.838. The van der Waals surface area contributed by atoms with E-state index in [1.807, 2.05) is 23.6 Å². The molecule has 6 heteroatoms. The zero-order chi connectivity index (χ0) is 15.6. The molecular weight excluding hydrogens is 288 g/mol. The van der Waals surface area contributed by atoms with Gasteiger partial charge in [0.15, 0.2) is 0 Å². The molecule has 2 rings (SSSR count). The lowest BCUT2D eigenvalue weighted by Gasteiger charge is -2.11. The van der Waals surface area contributed by atoms with E-state index in [1.165, 1.54) is 0 Å². The zero-order valence-corrected chi connectivity index (χ0v) is 13.5. The number of sulfonamides is 1. The van der Waals surface area contributed by atoms with Gasteiger partial charge < -0.3 is 9.30 Å². The second-order valence-corrected chi connectivity index (χ2v) is 6.82. The molecule has 21 heavy (non-hydrogen) atoms. The molecule has 0 aliphatic heterocycles. The quantitative estimate of drug-likeness (QED) is 0.891. The largest absolute Gasteiger partial charge is 0.493 e. The topological polar surface area (TPSA) is 74.3 Å². The highest BCUT2D eigenvalue weighted by Crippen LogP contribution is 2.33. The van der Waals surface area contributed by atoms with E-state index in [1.54, 1.807) is 12.3 Å². The first kappa shape index (κ1) is 15.9. The molecule has 1 unspecified atom stereocenters. The van der Waals surface area contributed by atoms with Gasteiger partial charge in [0.25, 0.3) is 0 Å². The summed E-state index contributed by atoms with van der Waals surface area (Å²) in [6.07, 6.45) is 2.64. The Bertz CT molecular complexity index is 735. The van der Waals surface area contributed by atoms with Crippen molar-refractivity contribution in [1.82, 2.24) is 4.57 Å². The first-order chi connectivity index (χ1) is 9.88. The van der Waals surface area contributed by atoms with Crippen LogP contribution in [-0.2, 0) is 16.6 Å². The molecule has 116 valence electrons. The lowest BCUT2D eigenvalue weighted by molar-refractivity contribution is 0.344. The van der Waals surface area contributed by atoms with Crippen molar-refractivity contribution in [3.05, 3.63) is 24.4 Å². The predicted molar refractivity (Wildman–Crippen MR) is 83.9 cm³/mol. The van der Waals surface area contributed by atoms with E-state index in [2.05, 4.69) is 13.8 Å². The zero-order valence-electron chi connectivity index (χ0n) is 12.7. The van der Waals surface area contributed by atoms with Gasteiger partial charge in [0.05, 0.1) is 17.5 Å². The van der Waals surface area contributed by atoms with Crippen molar-refractivity contribution in [2.75, 3.05) is 6.61 Å². The van der Waals surface area contributed by atoms with Crippen LogP contribution in [0.15, 0.2) is 29.3 Å². The number of hydrogen-bond donors (Lipinski definition) is 1. The Morgan fingerprint density at radius 1 is 1.33 bits per heavy atom. The lowest BCUT2D eigenvalue weighted by Crippen LogP contribution is -2.12. The normalized spacial score (nSPS) is 13.5. The molecule has 0 fully saturated rings. The molecular formula is C15H22N2O3S. The maximum Gasteiger partial charge on any atom is 0.240 e. The highest BCUT2D eigenvalue weighted by Gasteiger charge is 2.21. The average Bonchev–Trinajstić information content (AvgIpc) is 2.79. The summed E-state index contributed by atoms with van der Waals surface area (Å²) in [7, 11) is -3.79. The summed E-state index contributed by atoms with van der Waals surface area (Å²) in [6, 6.07) is 5.54. The van der Waals surface area contributed by atoms with Crippen molar-refractivity contribution in [3.63, 3.8) is 0 Å². The molecule has 0 saturated heterocycles. The minimum atomic E-state index is -3.79. The van der Waals surface area contributed by atoms with E-state index in [4.69, 9.17) is 9.88 Å². The van der Waals surface area contributed by atoms with E-state index in [0.29, 0.717) is 23.7 Å². The Kier molecular flexibility index (Phi) is 4.58. The Labute approximate surface area is 125 Å². The predicted octanol–water partition coefficient (Wildman–Crippen LogP) is 2.73. The number of nitrogens with zero attached hydrogens (tertiary/aromatic N) is 1. The molecule has 1 aromatic heterocycles. The fourth-order valence-electron chi connectivity index (χ4n) is 2.39. The summed E-state index contributed by atoms with van der Waals surface area (Å²) in [4.78, 5) is 0.129. The van der Waals surface area contributed by atoms with Crippen molar-refractivity contribution in [3.8, 4) is 5.75 Å². The maximum absolute atomic E-state index is 11.9. The van der Waals surface area contributed by atoms with Crippen LogP contribution in [0, 0.1) is 5.92 Å². The molecule has 2 aromatic rings. The molecule has 1 atom stereocenters. The van der Waals surface area contributed by atoms with E-state index in [0.717, 1.165) is 18.5 Å². The summed E-state index contributed by atoms with van der Waals surface area (Å²) in [6.45, 7) is 7.33. The Morgan fingerprint density at radius 2 is 2.05 bits per heavy atom. The Hall–Kier alpha value is -1.53. The molecule has 5 nitrogen and oxygen atoms in total. The van der Waals surface area contributed by atoms with Crippen LogP contribution in [0.25, 0.3) is 10.9 Å². The second-order valence-electron chi connectivity index (χ2n) is 5.29. The summed E-state index contributed by atoms with van der Waals surface area (Å²) in [5, 5.41) is 5.94. The number of primary sulfonamides is 1. The van der Waals surface area contributed by atoms with Gasteiger partial charge in [-0.05, 0) is 25.0 Å². The van der Waals surface area contributed by atoms with Gasteiger partial charge >= 0.3 is 0 Å². The molecule has 0 spiro atoms. The number of aromatic nitrogens is 1. The van der Waals surface area contributed by atoms with Gasteiger partial charge in [-0.1, -0.05) is 26.3 Å². The first-order valence-electron chi connectivity index (χ1n) is 7.15. The highest BCUT2D eigenvalue weighted by molar-refractivity contribution is 7.89. The van der Waals surface area contributed by atoms with Gasteiger partial charge in [-0.25, -0.2) is 13.6 Å². The van der Waals surface area contributed by atoms with Crippen molar-refractivity contribution in [2.45, 2.75) is 38.6 Å². The van der Waals surface area contributed by atoms with Crippen LogP contribution < -0.4 is 9.88 Å². The Morgan fingerprint density at radius 3 is 2.62 bits per heavy atom. The summed E-state index contributed by atoms with van der Waals surface area (Å²) in [5.74, 6) is 1.01. The highest BCUT2D eigenvalue weighted by atomic mass is 32.2. The number of fused-ring (bicyclic) bond motifs is 1. The Balaban J connectivity index is 2.70. The van der Waals surface area contributed by atoms with E-state index in [-0.39, 0.29) is 4.90 Å². The molecule has 0 bridgehead atoms. The van der Waals surface area contributed by atoms with Crippen LogP contribution in [-0.4, -0.2) is 19.6 Å². The van der Waals surface area contributed by atoms with Crippen molar-refractivity contribution >= 4 is 20.9 Å². The summed E-state index contributed by atoms with van der Waals surface area (Å²) < 4.78 is 31.3. The minimum absolute atomic E-state index is 0.129.